The van der Waals surface area contributed by atoms with Gasteiger partial charge in [0.15, 0.2) is 11.5 Å². The highest BCUT2D eigenvalue weighted by Crippen LogP contribution is 2.35. The lowest BCUT2D eigenvalue weighted by atomic mass is 10.3. The van der Waals surface area contributed by atoms with Crippen LogP contribution in [0.3, 0.4) is 0 Å². The second-order valence-corrected chi connectivity index (χ2v) is 4.71. The topological polar surface area (TPSA) is 39.7 Å². The molecule has 1 aliphatic heterocycles. The third-order valence-corrected chi connectivity index (χ3v) is 3.01. The first-order chi connectivity index (χ1) is 8.81. The molecule has 0 amide bonds. The highest BCUT2D eigenvalue weighted by Gasteiger charge is 2.20. The summed E-state index contributed by atoms with van der Waals surface area (Å²) in [4.78, 5) is 0. The average Bonchev–Trinajstić information content (AvgIpc) is 3.10. The van der Waals surface area contributed by atoms with E-state index in [1.807, 2.05) is 18.2 Å². The van der Waals surface area contributed by atoms with Gasteiger partial charge in [-0.05, 0) is 30.5 Å². The van der Waals surface area contributed by atoms with Crippen LogP contribution in [-0.4, -0.2) is 26.0 Å². The number of benzene rings is 1. The molecule has 1 saturated carbocycles. The largest absolute Gasteiger partial charge is 0.489 e. The van der Waals surface area contributed by atoms with E-state index in [0.29, 0.717) is 12.6 Å². The molecule has 1 heterocycles. The standard InChI is InChI=1S/C14H17NO3/c1-10(7-15-11-2-3-11)8-16-12-4-5-13-14(6-12)18-9-17-13/h4-6,11,15H,1-3,7-9H2. The van der Waals surface area contributed by atoms with Crippen LogP contribution >= 0.6 is 0 Å². The molecule has 4 nitrogen and oxygen atoms in total. The first-order valence-corrected chi connectivity index (χ1v) is 6.24. The second-order valence-electron chi connectivity index (χ2n) is 4.71. The van der Waals surface area contributed by atoms with Crippen molar-refractivity contribution in [2.45, 2.75) is 18.9 Å². The molecule has 0 bridgehead atoms. The van der Waals surface area contributed by atoms with Crippen LogP contribution in [0.4, 0.5) is 0 Å². The minimum absolute atomic E-state index is 0.288. The van der Waals surface area contributed by atoms with Crippen molar-refractivity contribution in [1.29, 1.82) is 0 Å². The fourth-order valence-corrected chi connectivity index (χ4v) is 1.78. The second kappa shape index (κ2) is 4.90. The summed E-state index contributed by atoms with van der Waals surface area (Å²) in [5, 5.41) is 3.41. The van der Waals surface area contributed by atoms with Crippen molar-refractivity contribution in [3.63, 3.8) is 0 Å². The SMILES string of the molecule is C=C(CNC1CC1)COc1ccc2c(c1)OCO2. The summed E-state index contributed by atoms with van der Waals surface area (Å²) >= 11 is 0. The van der Waals surface area contributed by atoms with Gasteiger partial charge in [-0.25, -0.2) is 0 Å². The molecule has 2 aliphatic rings. The molecule has 0 atom stereocenters. The Morgan fingerprint density at radius 1 is 1.33 bits per heavy atom. The normalized spacial score (nSPS) is 16.7. The maximum atomic E-state index is 5.67. The van der Waals surface area contributed by atoms with Gasteiger partial charge in [0.05, 0.1) is 0 Å². The predicted octanol–water partition coefficient (Wildman–Crippen LogP) is 2.10. The van der Waals surface area contributed by atoms with Gasteiger partial charge in [-0.2, -0.15) is 0 Å². The smallest absolute Gasteiger partial charge is 0.231 e. The highest BCUT2D eigenvalue weighted by molar-refractivity contribution is 5.46. The fourth-order valence-electron chi connectivity index (χ4n) is 1.78. The van der Waals surface area contributed by atoms with Crippen LogP contribution in [0.15, 0.2) is 30.4 Å². The van der Waals surface area contributed by atoms with Gasteiger partial charge < -0.3 is 19.5 Å². The van der Waals surface area contributed by atoms with E-state index in [9.17, 15) is 0 Å². The Labute approximate surface area is 107 Å². The minimum Gasteiger partial charge on any atom is -0.489 e. The zero-order valence-corrected chi connectivity index (χ0v) is 10.3. The van der Waals surface area contributed by atoms with Crippen LogP contribution in [0.25, 0.3) is 0 Å². The van der Waals surface area contributed by atoms with Gasteiger partial charge in [0, 0.05) is 18.7 Å². The number of ether oxygens (including phenoxy) is 3. The van der Waals surface area contributed by atoms with Crippen molar-refractivity contribution >= 4 is 0 Å². The molecule has 1 fully saturated rings. The van der Waals surface area contributed by atoms with Gasteiger partial charge >= 0.3 is 0 Å². The average molecular weight is 247 g/mol. The minimum atomic E-state index is 0.288. The Morgan fingerprint density at radius 3 is 3.00 bits per heavy atom. The molecular weight excluding hydrogens is 230 g/mol. The Balaban J connectivity index is 1.48. The van der Waals surface area contributed by atoms with E-state index in [1.54, 1.807) is 0 Å². The van der Waals surface area contributed by atoms with Gasteiger partial charge in [-0.15, -0.1) is 0 Å². The predicted molar refractivity (Wildman–Crippen MR) is 68.2 cm³/mol. The molecule has 3 rings (SSSR count). The molecule has 1 N–H and O–H groups in total. The maximum Gasteiger partial charge on any atom is 0.231 e. The molecular formula is C14H17NO3. The van der Waals surface area contributed by atoms with Crippen molar-refractivity contribution in [2.75, 3.05) is 19.9 Å². The van der Waals surface area contributed by atoms with Crippen molar-refractivity contribution < 1.29 is 14.2 Å². The molecule has 1 aliphatic carbocycles. The van der Waals surface area contributed by atoms with Crippen molar-refractivity contribution in [1.82, 2.24) is 5.32 Å². The lowest BCUT2D eigenvalue weighted by Gasteiger charge is -2.09. The van der Waals surface area contributed by atoms with Crippen molar-refractivity contribution in [3.8, 4) is 17.2 Å². The molecule has 1 aromatic carbocycles. The summed E-state index contributed by atoms with van der Waals surface area (Å²) in [5.41, 5.74) is 1.06. The molecule has 96 valence electrons. The molecule has 0 unspecified atom stereocenters. The van der Waals surface area contributed by atoms with Crippen LogP contribution in [-0.2, 0) is 0 Å². The van der Waals surface area contributed by atoms with Crippen molar-refractivity contribution in [2.24, 2.45) is 0 Å². The molecule has 0 radical (unpaired) electrons. The Morgan fingerprint density at radius 2 is 2.17 bits per heavy atom. The summed E-state index contributed by atoms with van der Waals surface area (Å²) in [6, 6.07) is 6.30. The van der Waals surface area contributed by atoms with Gasteiger partial charge in [0.1, 0.15) is 12.4 Å². The Bertz CT molecular complexity index is 454. The first-order valence-electron chi connectivity index (χ1n) is 6.24. The third-order valence-electron chi connectivity index (χ3n) is 3.01. The monoisotopic (exact) mass is 247 g/mol. The van der Waals surface area contributed by atoms with Gasteiger partial charge in [0.2, 0.25) is 6.79 Å². The number of hydrogen-bond acceptors (Lipinski definition) is 4. The van der Waals surface area contributed by atoms with E-state index in [1.165, 1.54) is 12.8 Å². The summed E-state index contributed by atoms with van der Waals surface area (Å²) in [6.45, 7) is 5.64. The van der Waals surface area contributed by atoms with E-state index >= 15 is 0 Å². The Kier molecular flexibility index (Phi) is 3.11. The lowest BCUT2D eigenvalue weighted by Crippen LogP contribution is -2.21. The van der Waals surface area contributed by atoms with Crippen molar-refractivity contribution in [3.05, 3.63) is 30.4 Å². The summed E-state index contributed by atoms with van der Waals surface area (Å²) < 4.78 is 16.2. The number of fused-ring (bicyclic) bond motifs is 1. The lowest BCUT2D eigenvalue weighted by molar-refractivity contribution is 0.174. The number of nitrogens with one attached hydrogen (secondary N) is 1. The van der Waals surface area contributed by atoms with Crippen LogP contribution < -0.4 is 19.5 Å². The van der Waals surface area contributed by atoms with E-state index < -0.39 is 0 Å². The molecule has 4 heteroatoms. The maximum absolute atomic E-state index is 5.67. The molecule has 0 aromatic heterocycles. The van der Waals surface area contributed by atoms with Gasteiger partial charge in [0.25, 0.3) is 0 Å². The van der Waals surface area contributed by atoms with Crippen LogP contribution in [0.2, 0.25) is 0 Å². The number of rotatable bonds is 6. The summed E-state index contributed by atoms with van der Waals surface area (Å²) in [6.07, 6.45) is 2.58. The third kappa shape index (κ3) is 2.76. The van der Waals surface area contributed by atoms with Gasteiger partial charge in [-0.1, -0.05) is 6.58 Å². The van der Waals surface area contributed by atoms with Crippen LogP contribution in [0.1, 0.15) is 12.8 Å². The van der Waals surface area contributed by atoms with E-state index in [2.05, 4.69) is 11.9 Å². The molecule has 1 aromatic rings. The Hall–Kier alpha value is -1.68. The molecule has 18 heavy (non-hydrogen) atoms. The summed E-state index contributed by atoms with van der Waals surface area (Å²) in [5.74, 6) is 2.30. The quantitative estimate of drug-likeness (QED) is 0.781. The summed E-state index contributed by atoms with van der Waals surface area (Å²) in [7, 11) is 0. The van der Waals surface area contributed by atoms with Crippen LogP contribution in [0, 0.1) is 0 Å². The van der Waals surface area contributed by atoms with Crippen LogP contribution in [0.5, 0.6) is 17.2 Å². The highest BCUT2D eigenvalue weighted by atomic mass is 16.7. The number of hydrogen-bond donors (Lipinski definition) is 1. The van der Waals surface area contributed by atoms with E-state index in [-0.39, 0.29) is 6.79 Å². The fraction of sp³-hybridized carbons (Fsp3) is 0.429. The molecule has 0 spiro atoms. The molecule has 0 saturated heterocycles. The van der Waals surface area contributed by atoms with E-state index in [4.69, 9.17) is 14.2 Å². The van der Waals surface area contributed by atoms with E-state index in [0.717, 1.165) is 29.4 Å². The zero-order valence-electron chi connectivity index (χ0n) is 10.3. The zero-order chi connectivity index (χ0) is 12.4. The first kappa shape index (κ1) is 11.4. The van der Waals surface area contributed by atoms with Gasteiger partial charge in [-0.3, -0.25) is 0 Å².